The molecule has 0 N–H and O–H groups in total. The van der Waals surface area contributed by atoms with Crippen LogP contribution < -0.4 is 0 Å². The molecule has 204 valence electrons. The first-order valence-corrected chi connectivity index (χ1v) is 15.6. The Kier molecular flexibility index (Phi) is 8.63. The van der Waals surface area contributed by atoms with Gasteiger partial charge in [0.25, 0.3) is 5.91 Å². The van der Waals surface area contributed by atoms with Gasteiger partial charge in [-0.05, 0) is 36.8 Å². The number of hydrogen-bond donors (Lipinski definition) is 0. The first kappa shape index (κ1) is 27.7. The lowest BCUT2D eigenvalue weighted by Crippen LogP contribution is -2.40. The molecule has 3 heterocycles. The SMILES string of the molecule is CCCCCN1C(=O)/C(=C\c2cn(-c3ccccc3)nc2-c2ccc(S(=O)(=O)N3CCOCC3)cc2)SC1=S. The minimum atomic E-state index is -3.61. The summed E-state index contributed by atoms with van der Waals surface area (Å²) in [6, 6.07) is 16.4. The van der Waals surface area contributed by atoms with Gasteiger partial charge in [-0.15, -0.1) is 0 Å². The third-order valence-electron chi connectivity index (χ3n) is 6.64. The van der Waals surface area contributed by atoms with Crippen molar-refractivity contribution in [3.8, 4) is 16.9 Å². The summed E-state index contributed by atoms with van der Waals surface area (Å²) >= 11 is 6.81. The lowest BCUT2D eigenvalue weighted by atomic mass is 10.1. The highest BCUT2D eigenvalue weighted by Crippen LogP contribution is 2.35. The Morgan fingerprint density at radius 3 is 2.46 bits per heavy atom. The second-order valence-corrected chi connectivity index (χ2v) is 12.9. The number of carbonyl (C=O) groups excluding carboxylic acids is 1. The van der Waals surface area contributed by atoms with Crippen LogP contribution in [0.5, 0.6) is 0 Å². The molecule has 0 aliphatic carbocycles. The summed E-state index contributed by atoms with van der Waals surface area (Å²) in [4.78, 5) is 15.6. The number of morpholine rings is 1. The van der Waals surface area contributed by atoms with Crippen LogP contribution in [0.1, 0.15) is 31.7 Å². The quantitative estimate of drug-likeness (QED) is 0.201. The zero-order valence-corrected chi connectivity index (χ0v) is 24.1. The molecule has 1 aromatic heterocycles. The van der Waals surface area contributed by atoms with Gasteiger partial charge in [0.1, 0.15) is 4.32 Å². The van der Waals surface area contributed by atoms with Gasteiger partial charge < -0.3 is 4.74 Å². The van der Waals surface area contributed by atoms with Crippen LogP contribution in [0.25, 0.3) is 23.0 Å². The maximum atomic E-state index is 13.2. The fourth-order valence-electron chi connectivity index (χ4n) is 4.50. The summed E-state index contributed by atoms with van der Waals surface area (Å²) in [6.45, 7) is 4.20. The predicted octanol–water partition coefficient (Wildman–Crippen LogP) is 4.95. The largest absolute Gasteiger partial charge is 0.379 e. The molecular formula is C28H30N4O4S3. The third kappa shape index (κ3) is 6.02. The zero-order chi connectivity index (χ0) is 27.4. The van der Waals surface area contributed by atoms with Crippen LogP contribution in [0, 0.1) is 0 Å². The van der Waals surface area contributed by atoms with E-state index in [4.69, 9.17) is 22.1 Å². The molecule has 0 radical (unpaired) electrons. The molecule has 0 atom stereocenters. The van der Waals surface area contributed by atoms with Crippen LogP contribution in [-0.2, 0) is 19.6 Å². The third-order valence-corrected chi connectivity index (χ3v) is 9.93. The van der Waals surface area contributed by atoms with Crippen LogP contribution in [0.4, 0.5) is 0 Å². The molecule has 0 unspecified atom stereocenters. The van der Waals surface area contributed by atoms with Crippen molar-refractivity contribution in [2.75, 3.05) is 32.8 Å². The van der Waals surface area contributed by atoms with E-state index >= 15 is 0 Å². The van der Waals surface area contributed by atoms with Crippen LogP contribution in [0.15, 0.2) is 70.6 Å². The molecule has 8 nitrogen and oxygen atoms in total. The minimum Gasteiger partial charge on any atom is -0.379 e. The number of carbonyl (C=O) groups is 1. The van der Waals surface area contributed by atoms with Crippen LogP contribution >= 0.6 is 24.0 Å². The molecule has 11 heteroatoms. The highest BCUT2D eigenvalue weighted by Gasteiger charge is 2.32. The number of amides is 1. The number of ether oxygens (including phenoxy) is 1. The molecule has 39 heavy (non-hydrogen) atoms. The average Bonchev–Trinajstić information content (AvgIpc) is 3.50. The van der Waals surface area contributed by atoms with E-state index in [1.165, 1.54) is 16.1 Å². The first-order chi connectivity index (χ1) is 18.9. The van der Waals surface area contributed by atoms with Crippen molar-refractivity contribution < 1.29 is 17.9 Å². The van der Waals surface area contributed by atoms with Gasteiger partial charge in [-0.2, -0.15) is 9.40 Å². The molecule has 0 saturated carbocycles. The molecule has 0 bridgehead atoms. The van der Waals surface area contributed by atoms with Crippen molar-refractivity contribution in [1.82, 2.24) is 19.0 Å². The number of benzene rings is 2. The van der Waals surface area contributed by atoms with E-state index in [1.54, 1.807) is 33.8 Å². The van der Waals surface area contributed by atoms with Gasteiger partial charge in [-0.3, -0.25) is 9.69 Å². The summed E-state index contributed by atoms with van der Waals surface area (Å²) < 4.78 is 35.3. The summed E-state index contributed by atoms with van der Waals surface area (Å²) in [5.41, 5.74) is 3.01. The van der Waals surface area contributed by atoms with E-state index in [1.807, 2.05) is 42.6 Å². The van der Waals surface area contributed by atoms with Gasteiger partial charge in [0.2, 0.25) is 10.0 Å². The lowest BCUT2D eigenvalue weighted by molar-refractivity contribution is -0.122. The first-order valence-electron chi connectivity index (χ1n) is 13.0. The smallest absolute Gasteiger partial charge is 0.266 e. The summed E-state index contributed by atoms with van der Waals surface area (Å²) in [5.74, 6) is -0.0912. The van der Waals surface area contributed by atoms with Gasteiger partial charge in [-0.25, -0.2) is 13.1 Å². The van der Waals surface area contributed by atoms with Crippen molar-refractivity contribution >= 4 is 50.3 Å². The molecule has 2 aliphatic heterocycles. The molecule has 2 saturated heterocycles. The molecule has 3 aromatic rings. The van der Waals surface area contributed by atoms with Crippen LogP contribution in [0.3, 0.4) is 0 Å². The number of rotatable bonds is 9. The van der Waals surface area contributed by atoms with E-state index in [9.17, 15) is 13.2 Å². The van der Waals surface area contributed by atoms with E-state index in [0.717, 1.165) is 36.1 Å². The fraction of sp³-hybridized carbons (Fsp3) is 0.321. The Morgan fingerprint density at radius 2 is 1.77 bits per heavy atom. The van der Waals surface area contributed by atoms with Crippen molar-refractivity contribution in [3.05, 3.63) is 71.3 Å². The number of hydrogen-bond acceptors (Lipinski definition) is 7. The number of para-hydroxylation sites is 1. The van der Waals surface area contributed by atoms with Crippen molar-refractivity contribution in [3.63, 3.8) is 0 Å². The van der Waals surface area contributed by atoms with E-state index < -0.39 is 10.0 Å². The molecular weight excluding hydrogens is 553 g/mol. The fourth-order valence-corrected chi connectivity index (χ4v) is 7.21. The van der Waals surface area contributed by atoms with Crippen LogP contribution in [0.2, 0.25) is 0 Å². The van der Waals surface area contributed by atoms with E-state index in [-0.39, 0.29) is 10.8 Å². The Labute approximate surface area is 238 Å². The Bertz CT molecular complexity index is 1480. The summed E-state index contributed by atoms with van der Waals surface area (Å²) in [6.07, 6.45) is 6.74. The second kappa shape index (κ2) is 12.1. The van der Waals surface area contributed by atoms with Gasteiger partial charge >= 0.3 is 0 Å². The molecule has 2 fully saturated rings. The number of aromatic nitrogens is 2. The van der Waals surface area contributed by atoms with Gasteiger partial charge in [0, 0.05) is 37.0 Å². The molecule has 2 aliphatic rings. The molecule has 5 rings (SSSR count). The molecule has 0 spiro atoms. The number of thioether (sulfide) groups is 1. The lowest BCUT2D eigenvalue weighted by Gasteiger charge is -2.26. The Balaban J connectivity index is 1.49. The van der Waals surface area contributed by atoms with Gasteiger partial charge in [0.15, 0.2) is 0 Å². The average molecular weight is 583 g/mol. The van der Waals surface area contributed by atoms with Crippen molar-refractivity contribution in [1.29, 1.82) is 0 Å². The van der Waals surface area contributed by atoms with Gasteiger partial charge in [-0.1, -0.05) is 74.1 Å². The zero-order valence-electron chi connectivity index (χ0n) is 21.7. The molecule has 2 aromatic carbocycles. The minimum absolute atomic E-state index is 0.0912. The topological polar surface area (TPSA) is 84.7 Å². The van der Waals surface area contributed by atoms with Crippen molar-refractivity contribution in [2.45, 2.75) is 31.1 Å². The predicted molar refractivity (Wildman–Crippen MR) is 158 cm³/mol. The summed E-state index contributed by atoms with van der Waals surface area (Å²) in [5, 5.41) is 4.83. The highest BCUT2D eigenvalue weighted by molar-refractivity contribution is 8.26. The van der Waals surface area contributed by atoms with E-state index in [2.05, 4.69) is 6.92 Å². The van der Waals surface area contributed by atoms with Crippen LogP contribution in [-0.4, -0.2) is 70.5 Å². The summed E-state index contributed by atoms with van der Waals surface area (Å²) in [7, 11) is -3.61. The Morgan fingerprint density at radius 1 is 1.05 bits per heavy atom. The maximum absolute atomic E-state index is 13.2. The number of sulfonamides is 1. The second-order valence-electron chi connectivity index (χ2n) is 9.29. The maximum Gasteiger partial charge on any atom is 0.266 e. The van der Waals surface area contributed by atoms with Crippen molar-refractivity contribution in [2.24, 2.45) is 0 Å². The monoisotopic (exact) mass is 582 g/mol. The number of unbranched alkanes of at least 4 members (excludes halogenated alkanes) is 2. The molecule has 1 amide bonds. The number of nitrogens with zero attached hydrogens (tertiary/aromatic N) is 4. The standard InChI is InChI=1S/C28H30N4O4S3/c1-2-3-7-14-31-27(33)25(38-28(31)37)19-22-20-32(23-8-5-4-6-9-23)29-26(22)21-10-12-24(13-11-21)39(34,35)30-15-17-36-18-16-30/h4-6,8-13,19-20H,2-3,7,14-18H2,1H3/b25-19+. The number of thiocarbonyl (C=S) groups is 1. The van der Waals surface area contributed by atoms with Gasteiger partial charge in [0.05, 0.1) is 34.4 Å². The highest BCUT2D eigenvalue weighted by atomic mass is 32.2. The normalized spacial score (nSPS) is 17.9. The van der Waals surface area contributed by atoms with E-state index in [0.29, 0.717) is 47.8 Å². The Hall–Kier alpha value is -2.83.